The van der Waals surface area contributed by atoms with Crippen molar-refractivity contribution in [3.63, 3.8) is 0 Å². The van der Waals surface area contributed by atoms with Crippen LogP contribution in [0, 0.1) is 0 Å². The largest absolute Gasteiger partial charge is 0.144 e. The second kappa shape index (κ2) is 2.92. The third-order valence-electron chi connectivity index (χ3n) is 1.78. The summed E-state index contributed by atoms with van der Waals surface area (Å²) in [6.07, 6.45) is 1.06. The zero-order chi connectivity index (χ0) is 7.68. The summed E-state index contributed by atoms with van der Waals surface area (Å²) >= 11 is 1.83. The van der Waals surface area contributed by atoms with Gasteiger partial charge >= 0.3 is 0 Å². The Morgan fingerprint density at radius 3 is 2.91 bits per heavy atom. The van der Waals surface area contributed by atoms with Crippen LogP contribution in [0.2, 0.25) is 0 Å². The third kappa shape index (κ3) is 1.19. The average molecular weight is 180 g/mol. The highest BCUT2D eigenvalue weighted by Crippen LogP contribution is 2.26. The second-order valence-electron chi connectivity index (χ2n) is 2.46. The zero-order valence-corrected chi connectivity index (χ0v) is 8.05. The molecule has 56 valence electrons. The molecule has 0 saturated carbocycles. The number of fused-ring (bicyclic) bond motifs is 1. The van der Waals surface area contributed by atoms with E-state index in [9.17, 15) is 0 Å². The fraction of sp³-hybridized carbons (Fsp3) is 0.111. The molecule has 1 unspecified atom stereocenters. The molecule has 0 N–H and O–H groups in total. The molecule has 0 aliphatic heterocycles. The van der Waals surface area contributed by atoms with Crippen LogP contribution in [0.3, 0.4) is 0 Å². The van der Waals surface area contributed by atoms with Gasteiger partial charge in [-0.25, -0.2) is 0 Å². The van der Waals surface area contributed by atoms with Crippen molar-refractivity contribution in [2.24, 2.45) is 0 Å². The standard InChI is InChI=1S/C9H9PS/c10-5-7-6-11-9-4-2-1-3-8(7)9/h1-4,6H,5,10H2. The molecule has 1 aromatic heterocycles. The summed E-state index contributed by atoms with van der Waals surface area (Å²) < 4.78 is 1.39. The number of hydrogen-bond acceptors (Lipinski definition) is 1. The van der Waals surface area contributed by atoms with Gasteiger partial charge in [0.25, 0.3) is 0 Å². The minimum Gasteiger partial charge on any atom is -0.144 e. The lowest BCUT2D eigenvalue weighted by atomic mass is 10.2. The first-order valence-corrected chi connectivity index (χ1v) is 5.26. The van der Waals surface area contributed by atoms with Crippen LogP contribution in [0.1, 0.15) is 5.56 Å². The first-order valence-electron chi connectivity index (χ1n) is 3.57. The summed E-state index contributed by atoms with van der Waals surface area (Å²) in [6.45, 7) is 0. The molecule has 1 aromatic carbocycles. The monoisotopic (exact) mass is 180 g/mol. The lowest BCUT2D eigenvalue weighted by molar-refractivity contribution is 1.52. The van der Waals surface area contributed by atoms with E-state index in [2.05, 4.69) is 38.9 Å². The van der Waals surface area contributed by atoms with Gasteiger partial charge in [-0.05, 0) is 28.6 Å². The van der Waals surface area contributed by atoms with E-state index >= 15 is 0 Å². The smallest absolute Gasteiger partial charge is 0.0345 e. The molecule has 0 aliphatic carbocycles. The van der Waals surface area contributed by atoms with E-state index in [0.29, 0.717) is 0 Å². The van der Waals surface area contributed by atoms with Gasteiger partial charge in [-0.2, -0.15) is 0 Å². The van der Waals surface area contributed by atoms with Crippen LogP contribution in [0.15, 0.2) is 29.6 Å². The molecule has 2 aromatic rings. The molecule has 0 saturated heterocycles. The Balaban J connectivity index is 2.76. The fourth-order valence-corrected chi connectivity index (χ4v) is 2.68. The summed E-state index contributed by atoms with van der Waals surface area (Å²) in [7, 11) is 2.76. The molecular weight excluding hydrogens is 171 g/mol. The first kappa shape index (κ1) is 7.27. The molecule has 0 bridgehead atoms. The maximum absolute atomic E-state index is 2.76. The van der Waals surface area contributed by atoms with Crippen molar-refractivity contribution >= 4 is 30.7 Å². The van der Waals surface area contributed by atoms with E-state index in [0.717, 1.165) is 6.16 Å². The predicted octanol–water partition coefficient (Wildman–Crippen LogP) is 3.28. The second-order valence-corrected chi connectivity index (χ2v) is 3.78. The molecule has 11 heavy (non-hydrogen) atoms. The lowest BCUT2D eigenvalue weighted by Gasteiger charge is -1.90. The third-order valence-corrected chi connectivity index (χ3v) is 3.23. The summed E-state index contributed by atoms with van der Waals surface area (Å²) in [4.78, 5) is 0. The summed E-state index contributed by atoms with van der Waals surface area (Å²) in [5, 5.41) is 3.64. The van der Waals surface area contributed by atoms with Crippen LogP contribution in [-0.2, 0) is 6.16 Å². The average Bonchev–Trinajstić information content (AvgIpc) is 2.47. The van der Waals surface area contributed by atoms with Crippen LogP contribution in [-0.4, -0.2) is 0 Å². The summed E-state index contributed by atoms with van der Waals surface area (Å²) in [5.41, 5.74) is 1.44. The van der Waals surface area contributed by atoms with Gasteiger partial charge in [0.15, 0.2) is 0 Å². The molecule has 0 spiro atoms. The van der Waals surface area contributed by atoms with Gasteiger partial charge < -0.3 is 0 Å². The number of rotatable bonds is 1. The summed E-state index contributed by atoms with van der Waals surface area (Å²) in [6, 6.07) is 8.54. The van der Waals surface area contributed by atoms with Crippen LogP contribution < -0.4 is 0 Å². The van der Waals surface area contributed by atoms with Crippen LogP contribution in [0.5, 0.6) is 0 Å². The van der Waals surface area contributed by atoms with Crippen LogP contribution in [0.25, 0.3) is 10.1 Å². The first-order chi connectivity index (χ1) is 5.42. The van der Waals surface area contributed by atoms with Gasteiger partial charge in [-0.15, -0.1) is 20.6 Å². The van der Waals surface area contributed by atoms with E-state index in [4.69, 9.17) is 0 Å². The minimum atomic E-state index is 1.06. The fourth-order valence-electron chi connectivity index (χ4n) is 1.19. The van der Waals surface area contributed by atoms with Crippen molar-refractivity contribution in [2.45, 2.75) is 6.16 Å². The summed E-state index contributed by atoms with van der Waals surface area (Å²) in [5.74, 6) is 0. The van der Waals surface area contributed by atoms with Gasteiger partial charge in [-0.3, -0.25) is 0 Å². The maximum atomic E-state index is 2.76. The minimum absolute atomic E-state index is 1.06. The van der Waals surface area contributed by atoms with Gasteiger partial charge in [0.2, 0.25) is 0 Å². The molecule has 2 heteroatoms. The van der Waals surface area contributed by atoms with Crippen molar-refractivity contribution in [1.29, 1.82) is 0 Å². The Hall–Kier alpha value is -0.390. The normalized spacial score (nSPS) is 10.6. The highest BCUT2D eigenvalue weighted by atomic mass is 32.1. The van der Waals surface area contributed by atoms with Crippen molar-refractivity contribution in [1.82, 2.24) is 0 Å². The molecule has 1 heterocycles. The van der Waals surface area contributed by atoms with Gasteiger partial charge in [-0.1, -0.05) is 18.2 Å². The van der Waals surface area contributed by atoms with Crippen molar-refractivity contribution in [2.75, 3.05) is 0 Å². The van der Waals surface area contributed by atoms with Gasteiger partial charge in [0, 0.05) is 4.70 Å². The quantitative estimate of drug-likeness (QED) is 0.591. The Morgan fingerprint density at radius 1 is 1.27 bits per heavy atom. The Bertz CT molecular complexity index is 364. The molecule has 0 aliphatic rings. The van der Waals surface area contributed by atoms with E-state index in [-0.39, 0.29) is 0 Å². The molecule has 0 radical (unpaired) electrons. The van der Waals surface area contributed by atoms with Gasteiger partial charge in [0.1, 0.15) is 0 Å². The molecule has 0 amide bonds. The number of hydrogen-bond donors (Lipinski definition) is 0. The van der Waals surface area contributed by atoms with E-state index in [1.54, 1.807) is 0 Å². The Labute approximate surface area is 72.4 Å². The zero-order valence-electron chi connectivity index (χ0n) is 6.08. The number of thiophene rings is 1. The van der Waals surface area contributed by atoms with Gasteiger partial charge in [0.05, 0.1) is 0 Å². The topological polar surface area (TPSA) is 0 Å². The Morgan fingerprint density at radius 2 is 2.09 bits per heavy atom. The molecule has 1 atom stereocenters. The predicted molar refractivity (Wildman–Crippen MR) is 55.2 cm³/mol. The van der Waals surface area contributed by atoms with Crippen molar-refractivity contribution in [3.8, 4) is 0 Å². The molecule has 2 rings (SSSR count). The molecule has 0 nitrogen and oxygen atoms in total. The maximum Gasteiger partial charge on any atom is 0.0345 e. The molecule has 0 fully saturated rings. The van der Waals surface area contributed by atoms with E-state index in [1.165, 1.54) is 15.6 Å². The van der Waals surface area contributed by atoms with Crippen molar-refractivity contribution in [3.05, 3.63) is 35.2 Å². The van der Waals surface area contributed by atoms with E-state index in [1.807, 2.05) is 11.3 Å². The number of benzene rings is 1. The van der Waals surface area contributed by atoms with Crippen LogP contribution in [0.4, 0.5) is 0 Å². The van der Waals surface area contributed by atoms with Crippen LogP contribution >= 0.6 is 20.6 Å². The highest BCUT2D eigenvalue weighted by Gasteiger charge is 1.98. The highest BCUT2D eigenvalue weighted by molar-refractivity contribution is 7.18. The molecular formula is C9H9PS. The van der Waals surface area contributed by atoms with E-state index < -0.39 is 0 Å². The Kier molecular flexibility index (Phi) is 1.93. The SMILES string of the molecule is PCc1csc2ccccc12. The lowest BCUT2D eigenvalue weighted by Crippen LogP contribution is -1.69. The van der Waals surface area contributed by atoms with Crippen molar-refractivity contribution < 1.29 is 0 Å².